The Hall–Kier alpha value is -1.57. The Morgan fingerprint density at radius 3 is 2.94 bits per heavy atom. The highest BCUT2D eigenvalue weighted by Gasteiger charge is 2.16. The molecule has 0 aliphatic heterocycles. The van der Waals surface area contributed by atoms with E-state index < -0.39 is 0 Å². The molecule has 2 heteroatoms. The third-order valence-electron chi connectivity index (χ3n) is 3.03. The van der Waals surface area contributed by atoms with Crippen LogP contribution >= 0.6 is 0 Å². The van der Waals surface area contributed by atoms with Gasteiger partial charge >= 0.3 is 0 Å². The van der Waals surface area contributed by atoms with Gasteiger partial charge in [-0.1, -0.05) is 32.4 Å². The van der Waals surface area contributed by atoms with Gasteiger partial charge in [0.2, 0.25) is 0 Å². The molecule has 0 saturated heterocycles. The van der Waals surface area contributed by atoms with E-state index in [1.54, 1.807) is 0 Å². The summed E-state index contributed by atoms with van der Waals surface area (Å²) >= 11 is 0. The van der Waals surface area contributed by atoms with E-state index in [9.17, 15) is 4.79 Å². The van der Waals surface area contributed by atoms with Crippen molar-refractivity contribution in [3.63, 3.8) is 0 Å². The standard InChI is InChI=1S/C14H17NO/c1-3-5-10(2)14(16)12-6-4-7-13-11(12)8-9-15-13/h4,6-10,15H,3,5H2,1-2H3. The van der Waals surface area contributed by atoms with Crippen LogP contribution in [0.4, 0.5) is 0 Å². The summed E-state index contributed by atoms with van der Waals surface area (Å²) < 4.78 is 0. The quantitative estimate of drug-likeness (QED) is 0.773. The second kappa shape index (κ2) is 4.52. The summed E-state index contributed by atoms with van der Waals surface area (Å²) in [7, 11) is 0. The van der Waals surface area contributed by atoms with Crippen LogP contribution in [0, 0.1) is 5.92 Å². The molecule has 0 saturated carbocycles. The number of hydrogen-bond acceptors (Lipinski definition) is 1. The van der Waals surface area contributed by atoms with Crippen molar-refractivity contribution in [1.82, 2.24) is 4.98 Å². The highest BCUT2D eigenvalue weighted by Crippen LogP contribution is 2.22. The molecule has 1 N–H and O–H groups in total. The lowest BCUT2D eigenvalue weighted by Gasteiger charge is -2.09. The van der Waals surface area contributed by atoms with E-state index in [0.29, 0.717) is 0 Å². The minimum absolute atomic E-state index is 0.116. The molecule has 0 aliphatic carbocycles. The maximum absolute atomic E-state index is 12.2. The van der Waals surface area contributed by atoms with Crippen LogP contribution in [0.2, 0.25) is 0 Å². The molecule has 2 rings (SSSR count). The van der Waals surface area contributed by atoms with Crippen molar-refractivity contribution in [1.29, 1.82) is 0 Å². The topological polar surface area (TPSA) is 32.9 Å². The molecule has 16 heavy (non-hydrogen) atoms. The number of nitrogens with one attached hydrogen (secondary N) is 1. The molecule has 0 fully saturated rings. The van der Waals surface area contributed by atoms with Gasteiger partial charge < -0.3 is 4.98 Å². The molecular formula is C14H17NO. The minimum atomic E-state index is 0.116. The van der Waals surface area contributed by atoms with Crippen molar-refractivity contribution in [2.75, 3.05) is 0 Å². The van der Waals surface area contributed by atoms with E-state index in [-0.39, 0.29) is 11.7 Å². The number of H-pyrrole nitrogens is 1. The van der Waals surface area contributed by atoms with Crippen LogP contribution < -0.4 is 0 Å². The third kappa shape index (κ3) is 1.87. The number of Topliss-reactive ketones (excluding diaryl/α,β-unsaturated/α-hetero) is 1. The van der Waals surface area contributed by atoms with Crippen molar-refractivity contribution in [3.05, 3.63) is 36.0 Å². The summed E-state index contributed by atoms with van der Waals surface area (Å²) in [6, 6.07) is 7.83. The number of carbonyl (C=O) groups excluding carboxylic acids is 1. The molecular weight excluding hydrogens is 198 g/mol. The van der Waals surface area contributed by atoms with Crippen molar-refractivity contribution in [2.45, 2.75) is 26.7 Å². The molecule has 0 radical (unpaired) electrons. The molecule has 2 nitrogen and oxygen atoms in total. The van der Waals surface area contributed by atoms with E-state index in [1.165, 1.54) is 0 Å². The number of aromatic amines is 1. The summed E-state index contributed by atoms with van der Waals surface area (Å²) in [6.45, 7) is 4.12. The maximum atomic E-state index is 12.2. The number of ketones is 1. The molecule has 0 amide bonds. The highest BCUT2D eigenvalue weighted by molar-refractivity contribution is 6.08. The molecule has 1 heterocycles. The van der Waals surface area contributed by atoms with Gasteiger partial charge in [-0.2, -0.15) is 0 Å². The fourth-order valence-electron chi connectivity index (χ4n) is 2.13. The van der Waals surface area contributed by atoms with E-state index >= 15 is 0 Å². The zero-order chi connectivity index (χ0) is 11.5. The minimum Gasteiger partial charge on any atom is -0.361 e. The van der Waals surface area contributed by atoms with Gasteiger partial charge in [-0.25, -0.2) is 0 Å². The first-order valence-electron chi connectivity index (χ1n) is 5.84. The Labute approximate surface area is 95.7 Å². The molecule has 0 aliphatic rings. The SMILES string of the molecule is CCCC(C)C(=O)c1cccc2[nH]ccc12. The first kappa shape index (κ1) is 10.9. The van der Waals surface area contributed by atoms with Gasteiger partial charge in [0.1, 0.15) is 0 Å². The van der Waals surface area contributed by atoms with Crippen LogP contribution in [0.15, 0.2) is 30.5 Å². The lowest BCUT2D eigenvalue weighted by atomic mass is 9.93. The average Bonchev–Trinajstić information content (AvgIpc) is 2.76. The van der Waals surface area contributed by atoms with Crippen LogP contribution in [0.1, 0.15) is 37.0 Å². The summed E-state index contributed by atoms with van der Waals surface area (Å²) in [5.41, 5.74) is 1.88. The fraction of sp³-hybridized carbons (Fsp3) is 0.357. The van der Waals surface area contributed by atoms with Gasteiger partial charge in [0.15, 0.2) is 5.78 Å². The summed E-state index contributed by atoms with van der Waals surface area (Å²) in [5, 5.41) is 1.04. The molecule has 0 spiro atoms. The molecule has 84 valence electrons. The highest BCUT2D eigenvalue weighted by atomic mass is 16.1. The first-order chi connectivity index (χ1) is 7.74. The Bertz CT molecular complexity index is 498. The van der Waals surface area contributed by atoms with Gasteiger partial charge in [0.25, 0.3) is 0 Å². The number of carbonyl (C=O) groups is 1. The molecule has 0 bridgehead atoms. The van der Waals surface area contributed by atoms with Gasteiger partial charge in [-0.3, -0.25) is 4.79 Å². The monoisotopic (exact) mass is 215 g/mol. The zero-order valence-electron chi connectivity index (χ0n) is 9.79. The van der Waals surface area contributed by atoms with Gasteiger partial charge in [0.05, 0.1) is 0 Å². The van der Waals surface area contributed by atoms with Gasteiger partial charge in [0, 0.05) is 28.6 Å². The smallest absolute Gasteiger partial charge is 0.166 e. The van der Waals surface area contributed by atoms with Crippen LogP contribution in [0.5, 0.6) is 0 Å². The normalized spacial score (nSPS) is 12.9. The molecule has 1 aromatic carbocycles. The van der Waals surface area contributed by atoms with Crippen LogP contribution in [0.3, 0.4) is 0 Å². The van der Waals surface area contributed by atoms with E-state index in [1.807, 2.05) is 37.4 Å². The Balaban J connectivity index is 2.39. The number of rotatable bonds is 4. The van der Waals surface area contributed by atoms with E-state index in [4.69, 9.17) is 0 Å². The second-order valence-corrected chi connectivity index (χ2v) is 4.30. The van der Waals surface area contributed by atoms with E-state index in [0.717, 1.165) is 29.3 Å². The van der Waals surface area contributed by atoms with E-state index in [2.05, 4.69) is 11.9 Å². The van der Waals surface area contributed by atoms with Crippen LogP contribution in [0.25, 0.3) is 10.9 Å². The lowest BCUT2D eigenvalue weighted by molar-refractivity contribution is 0.0925. The van der Waals surface area contributed by atoms with Crippen LogP contribution in [-0.4, -0.2) is 10.8 Å². The largest absolute Gasteiger partial charge is 0.361 e. The summed E-state index contributed by atoms with van der Waals surface area (Å²) in [6.07, 6.45) is 3.89. The molecule has 1 aromatic heterocycles. The average molecular weight is 215 g/mol. The van der Waals surface area contributed by atoms with Gasteiger partial charge in [-0.05, 0) is 18.6 Å². The second-order valence-electron chi connectivity index (χ2n) is 4.30. The zero-order valence-corrected chi connectivity index (χ0v) is 9.79. The number of benzene rings is 1. The predicted octanol–water partition coefficient (Wildman–Crippen LogP) is 3.79. The molecule has 2 aromatic rings. The number of fused-ring (bicyclic) bond motifs is 1. The maximum Gasteiger partial charge on any atom is 0.166 e. The summed E-state index contributed by atoms with van der Waals surface area (Å²) in [5.74, 6) is 0.373. The lowest BCUT2D eigenvalue weighted by Crippen LogP contribution is -2.11. The number of hydrogen-bond donors (Lipinski definition) is 1. The molecule has 1 atom stereocenters. The predicted molar refractivity (Wildman–Crippen MR) is 66.7 cm³/mol. The van der Waals surface area contributed by atoms with Crippen molar-refractivity contribution < 1.29 is 4.79 Å². The third-order valence-corrected chi connectivity index (χ3v) is 3.03. The van der Waals surface area contributed by atoms with Crippen molar-refractivity contribution in [2.24, 2.45) is 5.92 Å². The Morgan fingerprint density at radius 1 is 1.38 bits per heavy atom. The summed E-state index contributed by atoms with van der Waals surface area (Å²) in [4.78, 5) is 15.4. The fourth-order valence-corrected chi connectivity index (χ4v) is 2.13. The van der Waals surface area contributed by atoms with Gasteiger partial charge in [-0.15, -0.1) is 0 Å². The Morgan fingerprint density at radius 2 is 2.19 bits per heavy atom. The first-order valence-corrected chi connectivity index (χ1v) is 5.84. The molecule has 1 unspecified atom stereocenters. The number of aromatic nitrogens is 1. The van der Waals surface area contributed by atoms with Crippen molar-refractivity contribution in [3.8, 4) is 0 Å². The van der Waals surface area contributed by atoms with Crippen LogP contribution in [-0.2, 0) is 0 Å². The van der Waals surface area contributed by atoms with Crippen molar-refractivity contribution >= 4 is 16.7 Å². The Kier molecular flexibility index (Phi) is 3.09.